The van der Waals surface area contributed by atoms with Gasteiger partial charge in [-0.15, -0.1) is 0 Å². The Morgan fingerprint density at radius 1 is 1.40 bits per heavy atom. The first-order valence-electron chi connectivity index (χ1n) is 7.37. The summed E-state index contributed by atoms with van der Waals surface area (Å²) in [6, 6.07) is 2.09. The van der Waals surface area contributed by atoms with Gasteiger partial charge in [0.25, 0.3) is 0 Å². The van der Waals surface area contributed by atoms with Crippen molar-refractivity contribution >= 4 is 11.8 Å². The van der Waals surface area contributed by atoms with Gasteiger partial charge in [-0.25, -0.2) is 4.98 Å². The second kappa shape index (κ2) is 6.88. The van der Waals surface area contributed by atoms with Gasteiger partial charge in [-0.3, -0.25) is 0 Å². The van der Waals surface area contributed by atoms with Crippen molar-refractivity contribution in [3.8, 4) is 0 Å². The summed E-state index contributed by atoms with van der Waals surface area (Å²) >= 11 is 0. The molecule has 1 aliphatic rings. The standard InChI is InChI=1S/C15H26N4O/c1-12-10-14(17-15(16-12)18(2)3)19-8-5-6-13(11-19)7-9-20-4/h10,13H,5-9,11H2,1-4H3/t13-/m0/s1. The van der Waals surface area contributed by atoms with Crippen LogP contribution in [0.4, 0.5) is 11.8 Å². The van der Waals surface area contributed by atoms with Crippen LogP contribution in [0.1, 0.15) is 25.0 Å². The van der Waals surface area contributed by atoms with Crippen molar-refractivity contribution in [2.75, 3.05) is 50.7 Å². The summed E-state index contributed by atoms with van der Waals surface area (Å²) in [6.45, 7) is 5.05. The molecule has 1 saturated heterocycles. The third-order valence-electron chi connectivity index (χ3n) is 3.80. The van der Waals surface area contributed by atoms with E-state index in [9.17, 15) is 0 Å². The van der Waals surface area contributed by atoms with Crippen LogP contribution in [-0.4, -0.2) is 50.9 Å². The fourth-order valence-electron chi connectivity index (χ4n) is 2.69. The Balaban J connectivity index is 2.10. The summed E-state index contributed by atoms with van der Waals surface area (Å²) in [5.41, 5.74) is 1.03. The Hall–Kier alpha value is -1.36. The van der Waals surface area contributed by atoms with E-state index in [2.05, 4.69) is 20.9 Å². The van der Waals surface area contributed by atoms with Crippen LogP contribution in [0, 0.1) is 12.8 Å². The van der Waals surface area contributed by atoms with Gasteiger partial charge in [0, 0.05) is 52.7 Å². The fourth-order valence-corrected chi connectivity index (χ4v) is 2.69. The molecular formula is C15H26N4O. The van der Waals surface area contributed by atoms with E-state index in [1.165, 1.54) is 12.8 Å². The summed E-state index contributed by atoms with van der Waals surface area (Å²) < 4.78 is 5.20. The average Bonchev–Trinajstić information content (AvgIpc) is 2.44. The lowest BCUT2D eigenvalue weighted by Crippen LogP contribution is -2.36. The molecule has 0 amide bonds. The normalized spacial score (nSPS) is 19.2. The monoisotopic (exact) mass is 278 g/mol. The molecule has 0 aromatic carbocycles. The third kappa shape index (κ3) is 3.82. The van der Waals surface area contributed by atoms with Gasteiger partial charge in [-0.1, -0.05) is 0 Å². The molecule has 0 spiro atoms. The van der Waals surface area contributed by atoms with Gasteiger partial charge in [-0.2, -0.15) is 4.98 Å². The number of aromatic nitrogens is 2. The maximum Gasteiger partial charge on any atom is 0.226 e. The first-order valence-corrected chi connectivity index (χ1v) is 7.37. The fraction of sp³-hybridized carbons (Fsp3) is 0.733. The first-order chi connectivity index (χ1) is 9.60. The maximum atomic E-state index is 5.20. The van der Waals surface area contributed by atoms with Gasteiger partial charge in [0.1, 0.15) is 5.82 Å². The molecule has 0 N–H and O–H groups in total. The predicted molar refractivity (Wildman–Crippen MR) is 82.5 cm³/mol. The summed E-state index contributed by atoms with van der Waals surface area (Å²) in [4.78, 5) is 13.5. The Kier molecular flexibility index (Phi) is 5.17. The lowest BCUT2D eigenvalue weighted by molar-refractivity contribution is 0.172. The zero-order valence-corrected chi connectivity index (χ0v) is 13.1. The van der Waals surface area contributed by atoms with Crippen LogP contribution in [0.3, 0.4) is 0 Å². The number of aryl methyl sites for hydroxylation is 1. The minimum Gasteiger partial charge on any atom is -0.385 e. The lowest BCUT2D eigenvalue weighted by atomic mass is 9.95. The molecule has 0 bridgehead atoms. The van der Waals surface area contributed by atoms with E-state index >= 15 is 0 Å². The summed E-state index contributed by atoms with van der Waals surface area (Å²) in [5.74, 6) is 2.56. The summed E-state index contributed by atoms with van der Waals surface area (Å²) in [7, 11) is 5.74. The van der Waals surface area contributed by atoms with Gasteiger partial charge in [0.15, 0.2) is 0 Å². The Labute approximate surface area is 122 Å². The highest BCUT2D eigenvalue weighted by Gasteiger charge is 2.21. The number of nitrogens with zero attached hydrogens (tertiary/aromatic N) is 4. The highest BCUT2D eigenvalue weighted by Crippen LogP contribution is 2.25. The first kappa shape index (κ1) is 15.0. The average molecular weight is 278 g/mol. The SMILES string of the molecule is COCC[C@@H]1CCCN(c2cc(C)nc(N(C)C)n2)C1. The van der Waals surface area contributed by atoms with Crippen LogP contribution < -0.4 is 9.80 Å². The zero-order chi connectivity index (χ0) is 14.5. The smallest absolute Gasteiger partial charge is 0.226 e. The number of rotatable bonds is 5. The van der Waals surface area contributed by atoms with Crippen molar-refractivity contribution in [3.63, 3.8) is 0 Å². The largest absolute Gasteiger partial charge is 0.385 e. The minimum atomic E-state index is 0.710. The van der Waals surface area contributed by atoms with Crippen LogP contribution in [-0.2, 0) is 4.74 Å². The van der Waals surface area contributed by atoms with Gasteiger partial charge in [0.2, 0.25) is 5.95 Å². The second-order valence-electron chi connectivity index (χ2n) is 5.80. The molecule has 0 unspecified atom stereocenters. The topological polar surface area (TPSA) is 41.5 Å². The molecule has 1 atom stereocenters. The van der Waals surface area contributed by atoms with Gasteiger partial charge < -0.3 is 14.5 Å². The van der Waals surface area contributed by atoms with Crippen LogP contribution in [0.15, 0.2) is 6.07 Å². The Morgan fingerprint density at radius 2 is 2.20 bits per heavy atom. The predicted octanol–water partition coefficient (Wildman–Crippen LogP) is 2.10. The number of hydrogen-bond acceptors (Lipinski definition) is 5. The molecule has 112 valence electrons. The highest BCUT2D eigenvalue weighted by molar-refractivity contribution is 5.45. The molecule has 5 nitrogen and oxygen atoms in total. The van der Waals surface area contributed by atoms with E-state index < -0.39 is 0 Å². The number of piperidine rings is 1. The Bertz CT molecular complexity index is 436. The molecule has 0 aliphatic carbocycles. The molecule has 0 saturated carbocycles. The molecule has 2 heterocycles. The molecule has 20 heavy (non-hydrogen) atoms. The van der Waals surface area contributed by atoms with Crippen LogP contribution in [0.5, 0.6) is 0 Å². The molecule has 5 heteroatoms. The molecule has 1 fully saturated rings. The van der Waals surface area contributed by atoms with Crippen molar-refractivity contribution in [2.24, 2.45) is 5.92 Å². The van der Waals surface area contributed by atoms with Crippen LogP contribution in [0.2, 0.25) is 0 Å². The van der Waals surface area contributed by atoms with Gasteiger partial charge >= 0.3 is 0 Å². The van der Waals surface area contributed by atoms with Crippen molar-refractivity contribution in [1.82, 2.24) is 9.97 Å². The van der Waals surface area contributed by atoms with Gasteiger partial charge in [0.05, 0.1) is 0 Å². The van der Waals surface area contributed by atoms with E-state index in [1.807, 2.05) is 25.9 Å². The van der Waals surface area contributed by atoms with Crippen LogP contribution >= 0.6 is 0 Å². The number of hydrogen-bond donors (Lipinski definition) is 0. The highest BCUT2D eigenvalue weighted by atomic mass is 16.5. The zero-order valence-electron chi connectivity index (χ0n) is 13.1. The van der Waals surface area contributed by atoms with Crippen molar-refractivity contribution < 1.29 is 4.74 Å². The summed E-state index contributed by atoms with van der Waals surface area (Å²) in [5, 5.41) is 0. The van der Waals surface area contributed by atoms with Crippen LogP contribution in [0.25, 0.3) is 0 Å². The molecule has 2 rings (SSSR count). The van der Waals surface area contributed by atoms with E-state index in [1.54, 1.807) is 7.11 Å². The quantitative estimate of drug-likeness (QED) is 0.825. The third-order valence-corrected chi connectivity index (χ3v) is 3.80. The van der Waals surface area contributed by atoms with E-state index in [0.717, 1.165) is 43.6 Å². The molecule has 1 aliphatic heterocycles. The van der Waals surface area contributed by atoms with E-state index in [-0.39, 0.29) is 0 Å². The summed E-state index contributed by atoms with van der Waals surface area (Å²) in [6.07, 6.45) is 3.66. The maximum absolute atomic E-state index is 5.20. The Morgan fingerprint density at radius 3 is 2.90 bits per heavy atom. The molecule has 0 radical (unpaired) electrons. The second-order valence-corrected chi connectivity index (χ2v) is 5.80. The molecule has 1 aromatic heterocycles. The minimum absolute atomic E-state index is 0.710. The van der Waals surface area contributed by atoms with E-state index in [4.69, 9.17) is 4.74 Å². The van der Waals surface area contributed by atoms with Crippen molar-refractivity contribution in [1.29, 1.82) is 0 Å². The molecular weight excluding hydrogens is 252 g/mol. The number of ether oxygens (including phenoxy) is 1. The lowest BCUT2D eigenvalue weighted by Gasteiger charge is -2.34. The van der Waals surface area contributed by atoms with E-state index in [0.29, 0.717) is 5.92 Å². The van der Waals surface area contributed by atoms with Crippen molar-refractivity contribution in [3.05, 3.63) is 11.8 Å². The van der Waals surface area contributed by atoms with Gasteiger partial charge in [-0.05, 0) is 32.1 Å². The molecule has 1 aromatic rings. The number of methoxy groups -OCH3 is 1. The van der Waals surface area contributed by atoms with Crippen molar-refractivity contribution in [2.45, 2.75) is 26.2 Å². The number of anilines is 2.